The fourth-order valence-electron chi connectivity index (χ4n) is 3.58. The summed E-state index contributed by atoms with van der Waals surface area (Å²) in [5, 5.41) is 9.03. The number of nitrogens with zero attached hydrogens (tertiary/aromatic N) is 1. The molecule has 0 radical (unpaired) electrons. The fourth-order valence-corrected chi connectivity index (χ4v) is 3.58. The fraction of sp³-hybridized carbons (Fsp3) is 0.545. The summed E-state index contributed by atoms with van der Waals surface area (Å²) in [6.07, 6.45) is -2.60. The number of carboxylic acids is 1. The van der Waals surface area contributed by atoms with Crippen molar-refractivity contribution < 1.29 is 41.7 Å². The molecule has 0 saturated heterocycles. The topological polar surface area (TPSA) is 91.0 Å². The van der Waals surface area contributed by atoms with Gasteiger partial charge in [-0.3, -0.25) is 0 Å². The van der Waals surface area contributed by atoms with Crippen molar-refractivity contribution in [1.82, 2.24) is 4.98 Å². The third-order valence-corrected chi connectivity index (χ3v) is 5.41. The second-order valence-electron chi connectivity index (χ2n) is 7.72. The van der Waals surface area contributed by atoms with Crippen LogP contribution in [0.1, 0.15) is 42.7 Å². The lowest BCUT2D eigenvalue weighted by atomic mass is 9.95. The number of carboxylic acid groups (broad SMARTS) is 1. The number of hydrogen-bond acceptors (Lipinski definition) is 6. The van der Waals surface area contributed by atoms with Gasteiger partial charge in [-0.2, -0.15) is 13.2 Å². The van der Waals surface area contributed by atoms with Gasteiger partial charge in [0, 0.05) is 12.7 Å². The number of hydrogen-bond donors (Lipinski definition) is 1. The Kier molecular flexibility index (Phi) is 7.91. The van der Waals surface area contributed by atoms with Crippen molar-refractivity contribution in [2.45, 2.75) is 63.7 Å². The number of ether oxygens (including phenoxy) is 3. The van der Waals surface area contributed by atoms with Crippen LogP contribution in [0.15, 0.2) is 28.7 Å². The number of alkyl halides is 3. The van der Waals surface area contributed by atoms with Crippen LogP contribution >= 0.6 is 0 Å². The van der Waals surface area contributed by atoms with Crippen LogP contribution in [0.4, 0.5) is 13.2 Å². The zero-order chi connectivity index (χ0) is 23.3. The Labute approximate surface area is 183 Å². The highest BCUT2D eigenvalue weighted by Gasteiger charge is 2.31. The molecular formula is C22H26F3NO6. The van der Waals surface area contributed by atoms with Gasteiger partial charge in [0.05, 0.1) is 31.0 Å². The Bertz CT molecular complexity index is 913. The Hall–Kier alpha value is -2.43. The van der Waals surface area contributed by atoms with Gasteiger partial charge in [-0.05, 0) is 50.8 Å². The summed E-state index contributed by atoms with van der Waals surface area (Å²) >= 11 is 0. The predicted molar refractivity (Wildman–Crippen MR) is 107 cm³/mol. The molecule has 1 fully saturated rings. The molecule has 1 aliphatic rings. The van der Waals surface area contributed by atoms with E-state index >= 15 is 0 Å². The highest BCUT2D eigenvalue weighted by atomic mass is 19.4. The Morgan fingerprint density at radius 3 is 2.66 bits per heavy atom. The summed E-state index contributed by atoms with van der Waals surface area (Å²) in [6, 6.07) is 4.83. The number of rotatable bonds is 9. The van der Waals surface area contributed by atoms with E-state index < -0.39 is 23.8 Å². The maximum absolute atomic E-state index is 13.0. The summed E-state index contributed by atoms with van der Waals surface area (Å²) in [5.41, 5.74) is -0.00674. The molecule has 7 nitrogen and oxygen atoms in total. The molecule has 0 aliphatic heterocycles. The molecule has 3 rings (SSSR count). The van der Waals surface area contributed by atoms with Crippen molar-refractivity contribution in [2.75, 3.05) is 13.7 Å². The number of benzene rings is 1. The SMILES string of the molecule is COC(CO[C@@H]1CCC[C@H](OCc2nc(-c3cccc(C(F)(F)F)c3)oc2C)C1)C(=O)O. The van der Waals surface area contributed by atoms with E-state index in [0.29, 0.717) is 17.9 Å². The molecule has 1 aliphatic carbocycles. The van der Waals surface area contributed by atoms with Gasteiger partial charge < -0.3 is 23.7 Å². The first-order valence-corrected chi connectivity index (χ1v) is 10.3. The van der Waals surface area contributed by atoms with Gasteiger partial charge >= 0.3 is 12.1 Å². The third kappa shape index (κ3) is 6.30. The highest BCUT2D eigenvalue weighted by molar-refractivity contribution is 5.72. The van der Waals surface area contributed by atoms with E-state index in [2.05, 4.69) is 4.98 Å². The van der Waals surface area contributed by atoms with Gasteiger partial charge in [-0.15, -0.1) is 0 Å². The van der Waals surface area contributed by atoms with Crippen molar-refractivity contribution >= 4 is 5.97 Å². The number of oxazole rings is 1. The molecular weight excluding hydrogens is 431 g/mol. The van der Waals surface area contributed by atoms with Crippen LogP contribution in [0.2, 0.25) is 0 Å². The average molecular weight is 457 g/mol. The van der Waals surface area contributed by atoms with E-state index in [1.807, 2.05) is 0 Å². The zero-order valence-electron chi connectivity index (χ0n) is 17.9. The Morgan fingerprint density at radius 2 is 2.00 bits per heavy atom. The molecule has 1 aromatic heterocycles. The van der Waals surface area contributed by atoms with Gasteiger partial charge in [0.2, 0.25) is 5.89 Å². The van der Waals surface area contributed by atoms with Crippen LogP contribution in [-0.4, -0.2) is 48.1 Å². The number of aliphatic carboxylic acids is 1. The Balaban J connectivity index is 1.57. The third-order valence-electron chi connectivity index (χ3n) is 5.41. The molecule has 32 heavy (non-hydrogen) atoms. The molecule has 1 unspecified atom stereocenters. The average Bonchev–Trinajstić information content (AvgIpc) is 3.13. The number of aryl methyl sites for hydroxylation is 1. The predicted octanol–water partition coefficient (Wildman–Crippen LogP) is 4.61. The molecule has 176 valence electrons. The summed E-state index contributed by atoms with van der Waals surface area (Å²) in [7, 11) is 1.32. The summed E-state index contributed by atoms with van der Waals surface area (Å²) in [6.45, 7) is 1.81. The largest absolute Gasteiger partial charge is 0.479 e. The van der Waals surface area contributed by atoms with Crippen LogP contribution in [0.25, 0.3) is 11.5 Å². The van der Waals surface area contributed by atoms with Gasteiger partial charge in [0.25, 0.3) is 0 Å². The van der Waals surface area contributed by atoms with Crippen LogP contribution in [0.3, 0.4) is 0 Å². The number of carbonyl (C=O) groups is 1. The normalized spacial score (nSPS) is 20.3. The van der Waals surface area contributed by atoms with Crippen LogP contribution < -0.4 is 0 Å². The molecule has 1 saturated carbocycles. The monoisotopic (exact) mass is 457 g/mol. The summed E-state index contributed by atoms with van der Waals surface area (Å²) in [5.74, 6) is -0.490. The number of halogens is 3. The molecule has 1 aromatic carbocycles. The Morgan fingerprint density at radius 1 is 1.28 bits per heavy atom. The van der Waals surface area contributed by atoms with Gasteiger partial charge in [-0.25, -0.2) is 9.78 Å². The molecule has 0 bridgehead atoms. The first kappa shape index (κ1) is 24.2. The standard InChI is InChI=1S/C22H26F3NO6/c1-13-18(26-20(32-13)14-5-3-6-15(9-14)22(23,24)25)11-30-16-7-4-8-17(10-16)31-12-19(29-2)21(27)28/h3,5-6,9,16-17,19H,4,7-8,10-12H2,1-2H3,(H,27,28)/t16-,17+,19?/m0/s1. The minimum absolute atomic E-state index is 0.0358. The molecule has 1 N–H and O–H groups in total. The van der Waals surface area contributed by atoms with Gasteiger partial charge in [0.15, 0.2) is 6.10 Å². The summed E-state index contributed by atoms with van der Waals surface area (Å²) in [4.78, 5) is 15.4. The van der Waals surface area contributed by atoms with Crippen LogP contribution in [0, 0.1) is 6.92 Å². The lowest BCUT2D eigenvalue weighted by molar-refractivity contribution is -0.155. The van der Waals surface area contributed by atoms with E-state index in [1.54, 1.807) is 6.92 Å². The van der Waals surface area contributed by atoms with E-state index in [0.717, 1.165) is 31.4 Å². The van der Waals surface area contributed by atoms with Crippen LogP contribution in [0.5, 0.6) is 0 Å². The minimum Gasteiger partial charge on any atom is -0.479 e. The smallest absolute Gasteiger partial charge is 0.416 e. The molecule has 3 atom stereocenters. The maximum atomic E-state index is 13.0. The van der Waals surface area contributed by atoms with Crippen LogP contribution in [-0.2, 0) is 31.8 Å². The lowest BCUT2D eigenvalue weighted by Gasteiger charge is -2.29. The van der Waals surface area contributed by atoms with Gasteiger partial charge in [-0.1, -0.05) is 6.07 Å². The molecule has 0 amide bonds. The van der Waals surface area contributed by atoms with E-state index in [1.165, 1.54) is 19.2 Å². The molecule has 1 heterocycles. The zero-order valence-corrected chi connectivity index (χ0v) is 17.9. The van der Waals surface area contributed by atoms with E-state index in [-0.39, 0.29) is 36.9 Å². The number of methoxy groups -OCH3 is 1. The first-order valence-electron chi connectivity index (χ1n) is 10.3. The van der Waals surface area contributed by atoms with Crippen molar-refractivity contribution in [1.29, 1.82) is 0 Å². The maximum Gasteiger partial charge on any atom is 0.416 e. The van der Waals surface area contributed by atoms with E-state index in [4.69, 9.17) is 23.7 Å². The highest BCUT2D eigenvalue weighted by Crippen LogP contribution is 2.32. The van der Waals surface area contributed by atoms with Crippen molar-refractivity contribution in [3.8, 4) is 11.5 Å². The van der Waals surface area contributed by atoms with Crippen molar-refractivity contribution in [2.24, 2.45) is 0 Å². The summed E-state index contributed by atoms with van der Waals surface area (Å²) < 4.78 is 61.0. The second kappa shape index (κ2) is 10.5. The number of aromatic nitrogens is 1. The minimum atomic E-state index is -4.45. The molecule has 0 spiro atoms. The van der Waals surface area contributed by atoms with Crippen molar-refractivity contribution in [3.05, 3.63) is 41.3 Å². The molecule has 2 aromatic rings. The quantitative estimate of drug-likeness (QED) is 0.588. The van der Waals surface area contributed by atoms with E-state index in [9.17, 15) is 18.0 Å². The second-order valence-corrected chi connectivity index (χ2v) is 7.72. The van der Waals surface area contributed by atoms with Crippen molar-refractivity contribution in [3.63, 3.8) is 0 Å². The van der Waals surface area contributed by atoms with Gasteiger partial charge in [0.1, 0.15) is 11.5 Å². The lowest BCUT2D eigenvalue weighted by Crippen LogP contribution is -2.34. The molecule has 10 heteroatoms. The first-order chi connectivity index (χ1) is 15.2.